The Bertz CT molecular complexity index is 240. The van der Waals surface area contributed by atoms with E-state index < -0.39 is 0 Å². The van der Waals surface area contributed by atoms with Gasteiger partial charge in [-0.25, -0.2) is 0 Å². The van der Waals surface area contributed by atoms with Gasteiger partial charge in [0.2, 0.25) is 5.91 Å². The van der Waals surface area contributed by atoms with Gasteiger partial charge < -0.3 is 11.1 Å². The Labute approximate surface area is 98.2 Å². The van der Waals surface area contributed by atoms with Gasteiger partial charge in [0.25, 0.3) is 0 Å². The van der Waals surface area contributed by atoms with Gasteiger partial charge in [-0.05, 0) is 32.1 Å². The maximum Gasteiger partial charge on any atom is 0.220 e. The average molecular weight is 224 g/mol. The largest absolute Gasteiger partial charge is 0.353 e. The van der Waals surface area contributed by atoms with Gasteiger partial charge in [0.15, 0.2) is 0 Å². The highest BCUT2D eigenvalue weighted by atomic mass is 16.1. The summed E-state index contributed by atoms with van der Waals surface area (Å²) in [5.41, 5.74) is 5.99. The molecule has 2 aliphatic rings. The maximum absolute atomic E-state index is 11.7. The summed E-state index contributed by atoms with van der Waals surface area (Å²) in [5.74, 6) is 0.212. The molecule has 0 unspecified atom stereocenters. The number of hydrogen-bond acceptors (Lipinski definition) is 2. The SMILES string of the molecule is NC1(CCC(=O)NC2CCCCCC2)CC1. The second-order valence-corrected chi connectivity index (χ2v) is 5.62. The van der Waals surface area contributed by atoms with Gasteiger partial charge in [0.1, 0.15) is 0 Å². The van der Waals surface area contributed by atoms with E-state index in [9.17, 15) is 4.79 Å². The van der Waals surface area contributed by atoms with E-state index in [2.05, 4.69) is 5.32 Å². The number of carbonyl (C=O) groups is 1. The molecule has 0 spiro atoms. The second-order valence-electron chi connectivity index (χ2n) is 5.62. The fourth-order valence-electron chi connectivity index (χ4n) is 2.50. The molecule has 3 nitrogen and oxygen atoms in total. The summed E-state index contributed by atoms with van der Waals surface area (Å²) in [6, 6.07) is 0.433. The Kier molecular flexibility index (Phi) is 3.85. The van der Waals surface area contributed by atoms with Gasteiger partial charge in [0.05, 0.1) is 0 Å². The summed E-state index contributed by atoms with van der Waals surface area (Å²) in [7, 11) is 0. The summed E-state index contributed by atoms with van der Waals surface area (Å²) in [6.07, 6.45) is 11.2. The number of carbonyl (C=O) groups excluding carboxylic acids is 1. The predicted octanol–water partition coefficient (Wildman–Crippen LogP) is 2.10. The van der Waals surface area contributed by atoms with Crippen LogP contribution in [0.2, 0.25) is 0 Å². The predicted molar refractivity (Wildman–Crippen MR) is 65.0 cm³/mol. The molecule has 92 valence electrons. The van der Waals surface area contributed by atoms with Crippen molar-refractivity contribution < 1.29 is 4.79 Å². The van der Waals surface area contributed by atoms with Crippen LogP contribution in [0.4, 0.5) is 0 Å². The van der Waals surface area contributed by atoms with Crippen LogP contribution in [0.1, 0.15) is 64.2 Å². The van der Waals surface area contributed by atoms with Crippen LogP contribution in [-0.4, -0.2) is 17.5 Å². The van der Waals surface area contributed by atoms with Crippen molar-refractivity contribution in [2.75, 3.05) is 0 Å². The van der Waals surface area contributed by atoms with E-state index in [-0.39, 0.29) is 11.4 Å². The molecule has 2 aliphatic carbocycles. The van der Waals surface area contributed by atoms with Crippen LogP contribution in [0, 0.1) is 0 Å². The van der Waals surface area contributed by atoms with Gasteiger partial charge in [-0.15, -0.1) is 0 Å². The molecule has 0 saturated heterocycles. The van der Waals surface area contributed by atoms with Crippen LogP contribution in [0.3, 0.4) is 0 Å². The van der Waals surface area contributed by atoms with Crippen LogP contribution < -0.4 is 11.1 Å². The molecule has 2 fully saturated rings. The highest BCUT2D eigenvalue weighted by Crippen LogP contribution is 2.36. The Hall–Kier alpha value is -0.570. The molecule has 2 saturated carbocycles. The quantitative estimate of drug-likeness (QED) is 0.718. The molecule has 1 amide bonds. The van der Waals surface area contributed by atoms with Gasteiger partial charge in [-0.2, -0.15) is 0 Å². The van der Waals surface area contributed by atoms with Gasteiger partial charge in [0, 0.05) is 18.0 Å². The number of rotatable bonds is 4. The minimum atomic E-state index is 0.0147. The molecule has 2 rings (SSSR count). The first-order valence-corrected chi connectivity index (χ1v) is 6.76. The molecular formula is C13H24N2O. The summed E-state index contributed by atoms with van der Waals surface area (Å²) in [5, 5.41) is 3.16. The van der Waals surface area contributed by atoms with Gasteiger partial charge in [-0.3, -0.25) is 4.79 Å². The lowest BCUT2D eigenvalue weighted by Crippen LogP contribution is -2.35. The summed E-state index contributed by atoms with van der Waals surface area (Å²) in [6.45, 7) is 0. The molecule has 0 aliphatic heterocycles. The standard InChI is InChI=1S/C13H24N2O/c14-13(9-10-13)8-7-12(16)15-11-5-3-1-2-4-6-11/h11H,1-10,14H2,(H,15,16). The van der Waals surface area contributed by atoms with E-state index in [0.717, 1.165) is 19.3 Å². The summed E-state index contributed by atoms with van der Waals surface area (Å²) in [4.78, 5) is 11.7. The monoisotopic (exact) mass is 224 g/mol. The van der Waals surface area contributed by atoms with Crippen molar-refractivity contribution in [1.82, 2.24) is 5.32 Å². The van der Waals surface area contributed by atoms with Crippen molar-refractivity contribution in [2.45, 2.75) is 75.8 Å². The highest BCUT2D eigenvalue weighted by Gasteiger charge is 2.37. The van der Waals surface area contributed by atoms with E-state index >= 15 is 0 Å². The second kappa shape index (κ2) is 5.17. The van der Waals surface area contributed by atoms with E-state index in [0.29, 0.717) is 12.5 Å². The van der Waals surface area contributed by atoms with Crippen LogP contribution in [0.25, 0.3) is 0 Å². The Morgan fingerprint density at radius 2 is 1.81 bits per heavy atom. The first kappa shape index (κ1) is 11.9. The van der Waals surface area contributed by atoms with Crippen molar-refractivity contribution in [2.24, 2.45) is 5.73 Å². The summed E-state index contributed by atoms with van der Waals surface area (Å²) < 4.78 is 0. The molecule has 16 heavy (non-hydrogen) atoms. The molecule has 0 bridgehead atoms. The van der Waals surface area contributed by atoms with E-state index in [1.807, 2.05) is 0 Å². The smallest absolute Gasteiger partial charge is 0.220 e. The first-order chi connectivity index (χ1) is 7.68. The maximum atomic E-state index is 11.7. The molecule has 3 heteroatoms. The zero-order valence-corrected chi connectivity index (χ0v) is 10.1. The van der Waals surface area contributed by atoms with Crippen LogP contribution in [0.15, 0.2) is 0 Å². The minimum Gasteiger partial charge on any atom is -0.353 e. The molecule has 0 aromatic heterocycles. The fraction of sp³-hybridized carbons (Fsp3) is 0.923. The van der Waals surface area contributed by atoms with Crippen molar-refractivity contribution in [1.29, 1.82) is 0 Å². The van der Waals surface area contributed by atoms with E-state index in [1.54, 1.807) is 0 Å². The number of hydrogen-bond donors (Lipinski definition) is 2. The zero-order chi connectivity index (χ0) is 11.4. The van der Waals surface area contributed by atoms with Gasteiger partial charge in [-0.1, -0.05) is 25.7 Å². The van der Waals surface area contributed by atoms with Crippen LogP contribution in [0.5, 0.6) is 0 Å². The van der Waals surface area contributed by atoms with E-state index in [4.69, 9.17) is 5.73 Å². The van der Waals surface area contributed by atoms with Crippen molar-refractivity contribution >= 4 is 5.91 Å². The zero-order valence-electron chi connectivity index (χ0n) is 10.1. The third-order valence-electron chi connectivity index (χ3n) is 3.96. The molecule has 0 radical (unpaired) electrons. The number of amides is 1. The molecular weight excluding hydrogens is 200 g/mol. The topological polar surface area (TPSA) is 55.1 Å². The lowest BCUT2D eigenvalue weighted by molar-refractivity contribution is -0.122. The third-order valence-corrected chi connectivity index (χ3v) is 3.96. The Morgan fingerprint density at radius 3 is 2.38 bits per heavy atom. The van der Waals surface area contributed by atoms with Crippen molar-refractivity contribution in [3.05, 3.63) is 0 Å². The molecule has 0 aromatic rings. The number of nitrogens with one attached hydrogen (secondary N) is 1. The molecule has 0 aromatic carbocycles. The van der Waals surface area contributed by atoms with Crippen LogP contribution in [-0.2, 0) is 4.79 Å². The Morgan fingerprint density at radius 1 is 1.19 bits per heavy atom. The van der Waals surface area contributed by atoms with Gasteiger partial charge >= 0.3 is 0 Å². The summed E-state index contributed by atoms with van der Waals surface area (Å²) >= 11 is 0. The highest BCUT2D eigenvalue weighted by molar-refractivity contribution is 5.76. The Balaban J connectivity index is 1.65. The lowest BCUT2D eigenvalue weighted by atomic mass is 10.1. The minimum absolute atomic E-state index is 0.0147. The number of nitrogens with two attached hydrogens (primary N) is 1. The third kappa shape index (κ3) is 3.78. The normalized spacial score (nSPS) is 24.8. The van der Waals surface area contributed by atoms with Crippen molar-refractivity contribution in [3.63, 3.8) is 0 Å². The van der Waals surface area contributed by atoms with Crippen LogP contribution >= 0.6 is 0 Å². The lowest BCUT2D eigenvalue weighted by Gasteiger charge is -2.17. The fourth-order valence-corrected chi connectivity index (χ4v) is 2.50. The van der Waals surface area contributed by atoms with Crippen molar-refractivity contribution in [3.8, 4) is 0 Å². The molecule has 3 N–H and O–H groups in total. The molecule has 0 atom stereocenters. The average Bonchev–Trinajstić information content (AvgIpc) is 3.02. The molecule has 0 heterocycles. The van der Waals surface area contributed by atoms with E-state index in [1.165, 1.54) is 38.5 Å². The first-order valence-electron chi connectivity index (χ1n) is 6.76.